The molecule has 0 fully saturated rings. The summed E-state index contributed by atoms with van der Waals surface area (Å²) in [5, 5.41) is 0.670. The number of nitrogens with two attached hydrogens (primary N) is 1. The first kappa shape index (κ1) is 15.5. The summed E-state index contributed by atoms with van der Waals surface area (Å²) in [6.45, 7) is 1.31. The standard InChI is InChI=1S/C18H15N3O3/c1-11(22)14-10-12-6-2-5-9-16(12)21(18(14)24)20-17(23)13-7-3-4-8-15(13)19/h2-10H,19H2,1H3,(H,20,23). The Bertz CT molecular complexity index is 1020. The van der Waals surface area contributed by atoms with Gasteiger partial charge in [-0.05, 0) is 31.2 Å². The Kier molecular flexibility index (Phi) is 3.87. The maximum absolute atomic E-state index is 12.6. The molecule has 1 amide bonds. The van der Waals surface area contributed by atoms with Crippen LogP contribution in [0.25, 0.3) is 10.9 Å². The zero-order valence-electron chi connectivity index (χ0n) is 12.9. The lowest BCUT2D eigenvalue weighted by Crippen LogP contribution is -2.36. The third-order valence-electron chi connectivity index (χ3n) is 3.71. The van der Waals surface area contributed by atoms with Gasteiger partial charge >= 0.3 is 0 Å². The minimum absolute atomic E-state index is 0.00929. The first-order chi connectivity index (χ1) is 11.5. The topological polar surface area (TPSA) is 94.2 Å². The number of hydrogen-bond donors (Lipinski definition) is 2. The highest BCUT2D eigenvalue weighted by atomic mass is 16.2. The number of carbonyl (C=O) groups excluding carboxylic acids is 2. The monoisotopic (exact) mass is 321 g/mol. The molecule has 1 aromatic heterocycles. The summed E-state index contributed by atoms with van der Waals surface area (Å²) in [5.74, 6) is -0.894. The molecule has 3 rings (SSSR count). The van der Waals surface area contributed by atoms with E-state index in [0.717, 1.165) is 4.68 Å². The number of nitrogens with zero attached hydrogens (tertiary/aromatic N) is 1. The Balaban J connectivity index is 2.17. The second-order valence-electron chi connectivity index (χ2n) is 5.34. The van der Waals surface area contributed by atoms with Crippen LogP contribution in [-0.4, -0.2) is 16.4 Å². The van der Waals surface area contributed by atoms with E-state index < -0.39 is 11.5 Å². The van der Waals surface area contributed by atoms with E-state index in [1.165, 1.54) is 13.0 Å². The lowest BCUT2D eigenvalue weighted by molar-refractivity contribution is 0.0996. The van der Waals surface area contributed by atoms with Crippen LogP contribution in [-0.2, 0) is 0 Å². The molecule has 0 bridgehead atoms. The first-order valence-corrected chi connectivity index (χ1v) is 7.30. The van der Waals surface area contributed by atoms with E-state index in [2.05, 4.69) is 5.43 Å². The fraction of sp³-hybridized carbons (Fsp3) is 0.0556. The number of ketones is 1. The maximum Gasteiger partial charge on any atom is 0.280 e. The summed E-state index contributed by atoms with van der Waals surface area (Å²) in [7, 11) is 0. The van der Waals surface area contributed by atoms with Crippen LogP contribution in [0.5, 0.6) is 0 Å². The number of aromatic nitrogens is 1. The molecule has 3 N–H and O–H groups in total. The van der Waals surface area contributed by atoms with Crippen LogP contribution in [0.2, 0.25) is 0 Å². The summed E-state index contributed by atoms with van der Waals surface area (Å²) >= 11 is 0. The minimum Gasteiger partial charge on any atom is -0.398 e. The number of para-hydroxylation sites is 2. The van der Waals surface area contributed by atoms with Crippen LogP contribution in [0.3, 0.4) is 0 Å². The number of fused-ring (bicyclic) bond motifs is 1. The number of Topliss-reactive ketones (excluding diaryl/α,β-unsaturated/α-hetero) is 1. The molecule has 24 heavy (non-hydrogen) atoms. The van der Waals surface area contributed by atoms with Crippen LogP contribution >= 0.6 is 0 Å². The first-order valence-electron chi connectivity index (χ1n) is 7.30. The van der Waals surface area contributed by atoms with Crippen LogP contribution in [0, 0.1) is 0 Å². The molecular weight excluding hydrogens is 306 g/mol. The molecule has 0 saturated heterocycles. The van der Waals surface area contributed by atoms with E-state index in [1.807, 2.05) is 0 Å². The number of benzene rings is 2. The van der Waals surface area contributed by atoms with Crippen LogP contribution < -0.4 is 16.7 Å². The summed E-state index contributed by atoms with van der Waals surface area (Å²) < 4.78 is 1.08. The molecule has 6 nitrogen and oxygen atoms in total. The van der Waals surface area contributed by atoms with E-state index in [0.29, 0.717) is 16.6 Å². The summed E-state index contributed by atoms with van der Waals surface area (Å²) in [6, 6.07) is 15.1. The predicted molar refractivity (Wildman–Crippen MR) is 92.8 cm³/mol. The molecule has 1 heterocycles. The van der Waals surface area contributed by atoms with Gasteiger partial charge in [-0.1, -0.05) is 30.3 Å². The van der Waals surface area contributed by atoms with Crippen molar-refractivity contribution in [2.75, 3.05) is 11.2 Å². The number of anilines is 1. The van der Waals surface area contributed by atoms with Crippen molar-refractivity contribution in [1.29, 1.82) is 0 Å². The summed E-state index contributed by atoms with van der Waals surface area (Å²) in [4.78, 5) is 36.8. The Labute approximate surface area is 137 Å². The molecule has 0 saturated carbocycles. The predicted octanol–water partition coefficient (Wildman–Crippen LogP) is 2.17. The molecule has 6 heteroatoms. The van der Waals surface area contributed by atoms with E-state index in [1.54, 1.807) is 48.5 Å². The van der Waals surface area contributed by atoms with Crippen LogP contribution in [0.15, 0.2) is 59.4 Å². The number of nitrogen functional groups attached to an aromatic ring is 1. The van der Waals surface area contributed by atoms with Crippen molar-refractivity contribution in [3.05, 3.63) is 76.1 Å². The van der Waals surface area contributed by atoms with Gasteiger partial charge in [0.15, 0.2) is 5.78 Å². The quantitative estimate of drug-likeness (QED) is 0.571. The van der Waals surface area contributed by atoms with Gasteiger partial charge < -0.3 is 5.73 Å². The van der Waals surface area contributed by atoms with Gasteiger partial charge in [-0.25, -0.2) is 4.68 Å². The maximum atomic E-state index is 12.6. The average molecular weight is 321 g/mol. The smallest absolute Gasteiger partial charge is 0.280 e. The summed E-state index contributed by atoms with van der Waals surface area (Å²) in [6.07, 6.45) is 0. The number of carbonyl (C=O) groups is 2. The molecule has 120 valence electrons. The number of amides is 1. The van der Waals surface area contributed by atoms with Crippen molar-refractivity contribution < 1.29 is 9.59 Å². The molecule has 0 atom stereocenters. The third kappa shape index (κ3) is 2.65. The average Bonchev–Trinajstić information content (AvgIpc) is 2.57. The molecule has 0 aliphatic heterocycles. The highest BCUT2D eigenvalue weighted by molar-refractivity contribution is 6.05. The largest absolute Gasteiger partial charge is 0.398 e. The minimum atomic E-state index is -0.580. The van der Waals surface area contributed by atoms with Gasteiger partial charge in [0.1, 0.15) is 0 Å². The molecule has 0 aliphatic rings. The highest BCUT2D eigenvalue weighted by Crippen LogP contribution is 2.14. The fourth-order valence-corrected chi connectivity index (χ4v) is 2.49. The molecule has 0 unspecified atom stereocenters. The second kappa shape index (κ2) is 6.00. The molecule has 0 spiro atoms. The molecule has 0 aliphatic carbocycles. The zero-order valence-corrected chi connectivity index (χ0v) is 12.9. The second-order valence-corrected chi connectivity index (χ2v) is 5.34. The number of hydrogen-bond acceptors (Lipinski definition) is 4. The Morgan fingerprint density at radius 2 is 1.67 bits per heavy atom. The Morgan fingerprint density at radius 1 is 1.00 bits per heavy atom. The molecule has 0 radical (unpaired) electrons. The summed E-state index contributed by atoms with van der Waals surface area (Å²) in [5.41, 5.74) is 8.82. The molecule has 2 aromatic carbocycles. The van der Waals surface area contributed by atoms with Gasteiger partial charge in [-0.15, -0.1) is 0 Å². The van der Waals surface area contributed by atoms with Crippen molar-refractivity contribution in [1.82, 2.24) is 4.68 Å². The van der Waals surface area contributed by atoms with Crippen LogP contribution in [0.1, 0.15) is 27.6 Å². The zero-order chi connectivity index (χ0) is 17.3. The van der Waals surface area contributed by atoms with E-state index in [9.17, 15) is 14.4 Å². The van der Waals surface area contributed by atoms with Gasteiger partial charge in [0.25, 0.3) is 11.5 Å². The number of nitrogens with one attached hydrogen (secondary N) is 1. The van der Waals surface area contributed by atoms with Crippen molar-refractivity contribution in [3.63, 3.8) is 0 Å². The van der Waals surface area contributed by atoms with E-state index in [-0.39, 0.29) is 16.9 Å². The van der Waals surface area contributed by atoms with Gasteiger partial charge in [0, 0.05) is 11.1 Å². The Hall–Kier alpha value is -3.41. The van der Waals surface area contributed by atoms with Crippen LogP contribution in [0.4, 0.5) is 5.69 Å². The van der Waals surface area contributed by atoms with Gasteiger partial charge in [0.05, 0.1) is 16.6 Å². The highest BCUT2D eigenvalue weighted by Gasteiger charge is 2.16. The normalized spacial score (nSPS) is 10.5. The lowest BCUT2D eigenvalue weighted by Gasteiger charge is -2.14. The van der Waals surface area contributed by atoms with Crippen molar-refractivity contribution >= 4 is 28.3 Å². The SMILES string of the molecule is CC(=O)c1cc2ccccc2n(NC(=O)c2ccccc2N)c1=O. The van der Waals surface area contributed by atoms with Crippen molar-refractivity contribution in [3.8, 4) is 0 Å². The van der Waals surface area contributed by atoms with Crippen molar-refractivity contribution in [2.24, 2.45) is 0 Å². The lowest BCUT2D eigenvalue weighted by atomic mass is 10.1. The fourth-order valence-electron chi connectivity index (χ4n) is 2.49. The van der Waals surface area contributed by atoms with Gasteiger partial charge in [-0.2, -0.15) is 0 Å². The molecule has 3 aromatic rings. The number of rotatable bonds is 3. The Morgan fingerprint density at radius 3 is 2.38 bits per heavy atom. The van der Waals surface area contributed by atoms with E-state index in [4.69, 9.17) is 5.73 Å². The number of pyridine rings is 1. The van der Waals surface area contributed by atoms with E-state index >= 15 is 0 Å². The van der Waals surface area contributed by atoms with Crippen molar-refractivity contribution in [2.45, 2.75) is 6.92 Å². The molecular formula is C18H15N3O3. The van der Waals surface area contributed by atoms with Gasteiger partial charge in [0.2, 0.25) is 0 Å². The third-order valence-corrected chi connectivity index (χ3v) is 3.71. The van der Waals surface area contributed by atoms with Gasteiger partial charge in [-0.3, -0.25) is 19.8 Å².